The minimum atomic E-state index is -0.813. The smallest absolute Gasteiger partial charge is 0.303 e. The molecule has 0 aromatic heterocycles. The van der Waals surface area contributed by atoms with E-state index in [1.165, 1.54) is 12.1 Å². The number of rotatable bonds is 7. The van der Waals surface area contributed by atoms with Crippen molar-refractivity contribution in [1.82, 2.24) is 4.90 Å². The molecule has 1 aliphatic rings. The van der Waals surface area contributed by atoms with E-state index < -0.39 is 5.97 Å². The summed E-state index contributed by atoms with van der Waals surface area (Å²) in [5.41, 5.74) is 0.899. The summed E-state index contributed by atoms with van der Waals surface area (Å²) >= 11 is 0. The molecule has 0 radical (unpaired) electrons. The van der Waals surface area contributed by atoms with Crippen LogP contribution >= 0.6 is 0 Å². The number of halogens is 1. The summed E-state index contributed by atoms with van der Waals surface area (Å²) < 4.78 is 13.2. The maximum absolute atomic E-state index is 13.2. The summed E-state index contributed by atoms with van der Waals surface area (Å²) in [5, 5.41) is 8.88. The summed E-state index contributed by atoms with van der Waals surface area (Å²) in [5.74, 6) is -1.11. The van der Waals surface area contributed by atoms with Crippen LogP contribution in [0.15, 0.2) is 24.3 Å². The van der Waals surface area contributed by atoms with Gasteiger partial charge in [0.05, 0.1) is 0 Å². The molecule has 24 heavy (non-hydrogen) atoms. The fourth-order valence-electron chi connectivity index (χ4n) is 3.36. The first kappa shape index (κ1) is 18.4. The molecule has 1 heterocycles. The molecule has 0 saturated carbocycles. The number of nitrogens with zero attached hydrogens (tertiary/aromatic N) is 1. The number of carboxylic acids is 1. The van der Waals surface area contributed by atoms with Gasteiger partial charge < -0.3 is 10.0 Å². The molecule has 2 unspecified atom stereocenters. The lowest BCUT2D eigenvalue weighted by Crippen LogP contribution is -2.46. The zero-order chi connectivity index (χ0) is 17.5. The number of carbonyl (C=O) groups excluding carboxylic acids is 1. The standard InChI is InChI=1S/C19H26FNO3/c1-14(8-9-15-5-4-6-16(20)13-15)19(24)21-12-3-2-7-17(21)10-11-18(22)23/h4-6,13-14,17H,2-3,7-12H2,1H3,(H,22,23). The van der Waals surface area contributed by atoms with Gasteiger partial charge in [-0.05, 0) is 56.2 Å². The molecule has 1 aliphatic heterocycles. The number of aryl methyl sites for hydroxylation is 1. The van der Waals surface area contributed by atoms with Gasteiger partial charge in [0, 0.05) is 24.9 Å². The van der Waals surface area contributed by atoms with Crippen molar-refractivity contribution in [2.45, 2.75) is 57.9 Å². The lowest BCUT2D eigenvalue weighted by Gasteiger charge is -2.37. The van der Waals surface area contributed by atoms with Gasteiger partial charge in [-0.1, -0.05) is 19.1 Å². The van der Waals surface area contributed by atoms with Crippen LogP contribution in [0.4, 0.5) is 4.39 Å². The maximum atomic E-state index is 13.2. The van der Waals surface area contributed by atoms with Crippen LogP contribution in [0.2, 0.25) is 0 Å². The molecule has 1 N–H and O–H groups in total. The molecule has 5 heteroatoms. The molecule has 132 valence electrons. The Morgan fingerprint density at radius 2 is 2.17 bits per heavy atom. The third-order valence-corrected chi connectivity index (χ3v) is 4.78. The van der Waals surface area contributed by atoms with Gasteiger partial charge in [0.1, 0.15) is 5.82 Å². The largest absolute Gasteiger partial charge is 0.481 e. The second kappa shape index (κ2) is 8.81. The molecule has 1 saturated heterocycles. The number of amides is 1. The number of hydrogen-bond donors (Lipinski definition) is 1. The first-order valence-corrected chi connectivity index (χ1v) is 8.74. The monoisotopic (exact) mass is 335 g/mol. The summed E-state index contributed by atoms with van der Waals surface area (Å²) in [7, 11) is 0. The molecular weight excluding hydrogens is 309 g/mol. The summed E-state index contributed by atoms with van der Waals surface area (Å²) in [4.78, 5) is 25.4. The van der Waals surface area contributed by atoms with Crippen LogP contribution in [0.1, 0.15) is 51.0 Å². The molecule has 4 nitrogen and oxygen atoms in total. The summed E-state index contributed by atoms with van der Waals surface area (Å²) in [6.07, 6.45) is 4.87. The van der Waals surface area contributed by atoms with Gasteiger partial charge in [0.2, 0.25) is 5.91 Å². The van der Waals surface area contributed by atoms with Crippen molar-refractivity contribution in [2.75, 3.05) is 6.54 Å². The van der Waals surface area contributed by atoms with Crippen LogP contribution in [0, 0.1) is 11.7 Å². The van der Waals surface area contributed by atoms with Crippen molar-refractivity contribution < 1.29 is 19.1 Å². The Morgan fingerprint density at radius 3 is 2.88 bits per heavy atom. The van der Waals surface area contributed by atoms with Gasteiger partial charge in [-0.15, -0.1) is 0 Å². The van der Waals surface area contributed by atoms with Crippen molar-refractivity contribution >= 4 is 11.9 Å². The van der Waals surface area contributed by atoms with Crippen molar-refractivity contribution in [3.8, 4) is 0 Å². The van der Waals surface area contributed by atoms with E-state index in [9.17, 15) is 14.0 Å². The van der Waals surface area contributed by atoms with E-state index in [-0.39, 0.29) is 30.1 Å². The second-order valence-corrected chi connectivity index (χ2v) is 6.68. The highest BCUT2D eigenvalue weighted by molar-refractivity contribution is 5.79. The Hall–Kier alpha value is -1.91. The number of benzene rings is 1. The van der Waals surface area contributed by atoms with E-state index in [2.05, 4.69) is 0 Å². The van der Waals surface area contributed by atoms with Crippen LogP contribution in [-0.4, -0.2) is 34.5 Å². The predicted octanol–water partition coefficient (Wildman–Crippen LogP) is 3.64. The highest BCUT2D eigenvalue weighted by Crippen LogP contribution is 2.24. The van der Waals surface area contributed by atoms with Crippen LogP contribution in [0.25, 0.3) is 0 Å². The van der Waals surface area contributed by atoms with E-state index in [1.807, 2.05) is 17.9 Å². The third-order valence-electron chi connectivity index (χ3n) is 4.78. The minimum absolute atomic E-state index is 0.0407. The molecule has 1 aromatic rings. The van der Waals surface area contributed by atoms with Gasteiger partial charge in [-0.3, -0.25) is 9.59 Å². The van der Waals surface area contributed by atoms with Crippen LogP contribution in [0.5, 0.6) is 0 Å². The Kier molecular flexibility index (Phi) is 6.76. The fourth-order valence-corrected chi connectivity index (χ4v) is 3.36. The van der Waals surface area contributed by atoms with E-state index in [4.69, 9.17) is 5.11 Å². The average molecular weight is 335 g/mol. The molecule has 1 amide bonds. The maximum Gasteiger partial charge on any atom is 0.303 e. The quantitative estimate of drug-likeness (QED) is 0.827. The number of carbonyl (C=O) groups is 2. The number of aliphatic carboxylic acids is 1. The highest BCUT2D eigenvalue weighted by atomic mass is 19.1. The molecule has 1 fully saturated rings. The molecule has 0 aliphatic carbocycles. The highest BCUT2D eigenvalue weighted by Gasteiger charge is 2.29. The van der Waals surface area contributed by atoms with Crippen LogP contribution in [-0.2, 0) is 16.0 Å². The summed E-state index contributed by atoms with van der Waals surface area (Å²) in [6.45, 7) is 2.62. The normalized spacial score (nSPS) is 19.1. The molecule has 2 atom stereocenters. The van der Waals surface area contributed by atoms with Crippen molar-refractivity contribution in [3.05, 3.63) is 35.6 Å². The van der Waals surface area contributed by atoms with E-state index in [0.717, 1.165) is 24.8 Å². The SMILES string of the molecule is CC(CCc1cccc(F)c1)C(=O)N1CCCCC1CCC(=O)O. The number of hydrogen-bond acceptors (Lipinski definition) is 2. The van der Waals surface area contributed by atoms with Gasteiger partial charge in [-0.2, -0.15) is 0 Å². The van der Waals surface area contributed by atoms with Crippen molar-refractivity contribution in [2.24, 2.45) is 5.92 Å². The van der Waals surface area contributed by atoms with Crippen molar-refractivity contribution in [3.63, 3.8) is 0 Å². The van der Waals surface area contributed by atoms with E-state index >= 15 is 0 Å². The predicted molar refractivity (Wildman–Crippen MR) is 90.1 cm³/mol. The Morgan fingerprint density at radius 1 is 1.38 bits per heavy atom. The number of carboxylic acid groups (broad SMARTS) is 1. The zero-order valence-electron chi connectivity index (χ0n) is 14.2. The number of likely N-dealkylation sites (tertiary alicyclic amines) is 1. The lowest BCUT2D eigenvalue weighted by atomic mass is 9.94. The molecule has 0 bridgehead atoms. The Labute approximate surface area is 142 Å². The van der Waals surface area contributed by atoms with Gasteiger partial charge >= 0.3 is 5.97 Å². The second-order valence-electron chi connectivity index (χ2n) is 6.68. The van der Waals surface area contributed by atoms with Gasteiger partial charge in [0.15, 0.2) is 0 Å². The van der Waals surface area contributed by atoms with Crippen LogP contribution in [0.3, 0.4) is 0 Å². The minimum Gasteiger partial charge on any atom is -0.481 e. The fraction of sp³-hybridized carbons (Fsp3) is 0.579. The lowest BCUT2D eigenvalue weighted by molar-refractivity contribution is -0.142. The third kappa shape index (κ3) is 5.32. The van der Waals surface area contributed by atoms with E-state index in [1.54, 1.807) is 6.07 Å². The van der Waals surface area contributed by atoms with E-state index in [0.29, 0.717) is 25.8 Å². The first-order valence-electron chi connectivity index (χ1n) is 8.74. The molecular formula is C19H26FNO3. The zero-order valence-corrected chi connectivity index (χ0v) is 14.2. The summed E-state index contributed by atoms with van der Waals surface area (Å²) in [6, 6.07) is 6.52. The van der Waals surface area contributed by atoms with Gasteiger partial charge in [-0.25, -0.2) is 4.39 Å². The molecule has 1 aromatic carbocycles. The van der Waals surface area contributed by atoms with Crippen LogP contribution < -0.4 is 0 Å². The average Bonchev–Trinajstić information content (AvgIpc) is 2.57. The van der Waals surface area contributed by atoms with Gasteiger partial charge in [0.25, 0.3) is 0 Å². The molecule has 0 spiro atoms. The number of piperidine rings is 1. The Bertz CT molecular complexity index is 575. The Balaban J connectivity index is 1.90. The van der Waals surface area contributed by atoms with Crippen molar-refractivity contribution in [1.29, 1.82) is 0 Å². The first-order chi connectivity index (χ1) is 11.5. The topological polar surface area (TPSA) is 57.6 Å². The molecule has 2 rings (SSSR count).